The van der Waals surface area contributed by atoms with E-state index in [0.29, 0.717) is 21.8 Å². The first-order chi connectivity index (χ1) is 11.9. The zero-order valence-electron chi connectivity index (χ0n) is 12.9. The lowest BCUT2D eigenvalue weighted by Gasteiger charge is -2.14. The summed E-state index contributed by atoms with van der Waals surface area (Å²) in [6.45, 7) is -0.0484. The zero-order chi connectivity index (χ0) is 17.6. The van der Waals surface area contributed by atoms with Crippen LogP contribution in [0.5, 0.6) is 0 Å². The van der Waals surface area contributed by atoms with Gasteiger partial charge in [-0.1, -0.05) is 18.2 Å². The molecule has 0 bridgehead atoms. The first-order valence-electron chi connectivity index (χ1n) is 7.56. The largest absolute Gasteiger partial charge is 0.623 e. The molecule has 2 aromatic carbocycles. The predicted molar refractivity (Wildman–Crippen MR) is 85.6 cm³/mol. The van der Waals surface area contributed by atoms with Gasteiger partial charge < -0.3 is 5.21 Å². The molecule has 0 spiro atoms. The topological polar surface area (TPSA) is 43.9 Å². The van der Waals surface area contributed by atoms with Crippen molar-refractivity contribution in [3.63, 3.8) is 0 Å². The molecular formula is C18H12F3N3O. The first-order valence-corrected chi connectivity index (χ1v) is 7.56. The Bertz CT molecular complexity index is 975. The second kappa shape index (κ2) is 5.47. The highest BCUT2D eigenvalue weighted by Gasteiger charge is 2.34. The molecule has 0 unspecified atom stereocenters. The number of hydrogen-bond donors (Lipinski definition) is 0. The summed E-state index contributed by atoms with van der Waals surface area (Å²) >= 11 is 0. The van der Waals surface area contributed by atoms with Crippen molar-refractivity contribution in [2.75, 3.05) is 0 Å². The molecule has 0 aliphatic carbocycles. The van der Waals surface area contributed by atoms with Gasteiger partial charge in [0.25, 0.3) is 0 Å². The minimum absolute atomic E-state index is 0.0484. The van der Waals surface area contributed by atoms with Crippen LogP contribution in [0.1, 0.15) is 22.5 Å². The van der Waals surface area contributed by atoms with E-state index in [-0.39, 0.29) is 17.8 Å². The number of rotatable bonds is 1. The average Bonchev–Trinajstić information content (AvgIpc) is 2.99. The van der Waals surface area contributed by atoms with E-state index in [1.165, 1.54) is 12.3 Å². The number of aromatic nitrogens is 2. The molecule has 7 heteroatoms. The van der Waals surface area contributed by atoms with Crippen LogP contribution in [0.2, 0.25) is 0 Å². The van der Waals surface area contributed by atoms with E-state index in [1.54, 1.807) is 41.1 Å². The molecule has 25 heavy (non-hydrogen) atoms. The average molecular weight is 343 g/mol. The molecule has 1 aromatic heterocycles. The van der Waals surface area contributed by atoms with E-state index in [4.69, 9.17) is 0 Å². The smallest absolute Gasteiger partial charge is 0.416 e. The maximum Gasteiger partial charge on any atom is 0.416 e. The van der Waals surface area contributed by atoms with E-state index in [1.807, 2.05) is 0 Å². The Morgan fingerprint density at radius 1 is 1.08 bits per heavy atom. The molecule has 2 heterocycles. The molecule has 0 saturated heterocycles. The van der Waals surface area contributed by atoms with Gasteiger partial charge in [-0.05, 0) is 30.3 Å². The Hall–Kier alpha value is -3.09. The van der Waals surface area contributed by atoms with Gasteiger partial charge in [0.15, 0.2) is 5.82 Å². The SMILES string of the molecule is [O-][N+]1=C(c2ccccc2)c2cc(C(F)(F)F)ccc2-n2ccnc2C1. The summed E-state index contributed by atoms with van der Waals surface area (Å²) < 4.78 is 41.9. The molecule has 1 aliphatic rings. The summed E-state index contributed by atoms with van der Waals surface area (Å²) in [5.41, 5.74) is 0.693. The highest BCUT2D eigenvalue weighted by atomic mass is 19.4. The number of benzene rings is 2. The maximum absolute atomic E-state index is 13.2. The second-order valence-corrected chi connectivity index (χ2v) is 5.69. The van der Waals surface area contributed by atoms with Gasteiger partial charge in [-0.15, -0.1) is 0 Å². The molecule has 126 valence electrons. The van der Waals surface area contributed by atoms with Crippen molar-refractivity contribution in [3.8, 4) is 5.69 Å². The summed E-state index contributed by atoms with van der Waals surface area (Å²) in [6.07, 6.45) is -1.32. The lowest BCUT2D eigenvalue weighted by molar-refractivity contribution is -0.475. The lowest BCUT2D eigenvalue weighted by atomic mass is 9.98. The van der Waals surface area contributed by atoms with Crippen LogP contribution in [-0.2, 0) is 12.7 Å². The third kappa shape index (κ3) is 2.57. The lowest BCUT2D eigenvalue weighted by Crippen LogP contribution is -2.18. The Morgan fingerprint density at radius 2 is 1.84 bits per heavy atom. The summed E-state index contributed by atoms with van der Waals surface area (Å²) in [5.74, 6) is 0.474. The molecule has 0 amide bonds. The summed E-state index contributed by atoms with van der Waals surface area (Å²) in [6, 6.07) is 12.1. The van der Waals surface area contributed by atoms with Crippen molar-refractivity contribution < 1.29 is 17.9 Å². The molecule has 3 aromatic rings. The Morgan fingerprint density at radius 3 is 2.56 bits per heavy atom. The third-order valence-electron chi connectivity index (χ3n) is 4.14. The Balaban J connectivity index is 2.04. The van der Waals surface area contributed by atoms with Gasteiger partial charge in [0, 0.05) is 18.0 Å². The molecule has 0 atom stereocenters. The molecule has 0 fully saturated rings. The molecule has 0 saturated carbocycles. The van der Waals surface area contributed by atoms with E-state index >= 15 is 0 Å². The van der Waals surface area contributed by atoms with Crippen LogP contribution in [0.15, 0.2) is 60.9 Å². The standard InChI is InChI=1S/C18H12F3N3O/c19-18(20,21)13-6-7-15-14(10-13)17(12-4-2-1-3-5-12)24(25)11-16-22-8-9-23(15)16/h1-10H,11H2. The zero-order valence-corrected chi connectivity index (χ0v) is 12.9. The van der Waals surface area contributed by atoms with Gasteiger partial charge in [0.2, 0.25) is 12.3 Å². The number of fused-ring (bicyclic) bond motifs is 3. The monoisotopic (exact) mass is 343 g/mol. The molecular weight excluding hydrogens is 331 g/mol. The Kier molecular flexibility index (Phi) is 3.38. The molecule has 4 rings (SSSR count). The fourth-order valence-corrected chi connectivity index (χ4v) is 3.02. The fourth-order valence-electron chi connectivity index (χ4n) is 3.02. The minimum atomic E-state index is -4.49. The normalized spacial score (nSPS) is 14.0. The van der Waals surface area contributed by atoms with Crippen molar-refractivity contribution in [2.24, 2.45) is 0 Å². The van der Waals surface area contributed by atoms with Crippen LogP contribution in [0, 0.1) is 5.21 Å². The van der Waals surface area contributed by atoms with Crippen molar-refractivity contribution in [1.29, 1.82) is 0 Å². The van der Waals surface area contributed by atoms with Crippen LogP contribution < -0.4 is 0 Å². The Labute approximate surface area is 141 Å². The maximum atomic E-state index is 13.2. The van der Waals surface area contributed by atoms with E-state index in [2.05, 4.69) is 4.98 Å². The quantitative estimate of drug-likeness (QED) is 0.499. The number of alkyl halides is 3. The predicted octanol–water partition coefficient (Wildman–Crippen LogP) is 3.75. The summed E-state index contributed by atoms with van der Waals surface area (Å²) in [4.78, 5) is 4.15. The van der Waals surface area contributed by atoms with E-state index in [9.17, 15) is 18.4 Å². The van der Waals surface area contributed by atoms with Crippen molar-refractivity contribution in [1.82, 2.24) is 9.55 Å². The second-order valence-electron chi connectivity index (χ2n) is 5.69. The van der Waals surface area contributed by atoms with Crippen LogP contribution >= 0.6 is 0 Å². The first kappa shape index (κ1) is 15.4. The number of halogens is 3. The van der Waals surface area contributed by atoms with Crippen molar-refractivity contribution >= 4 is 5.71 Å². The van der Waals surface area contributed by atoms with Gasteiger partial charge in [0.1, 0.15) is 0 Å². The van der Waals surface area contributed by atoms with E-state index < -0.39 is 11.7 Å². The molecule has 4 nitrogen and oxygen atoms in total. The summed E-state index contributed by atoms with van der Waals surface area (Å²) in [5, 5.41) is 12.7. The van der Waals surface area contributed by atoms with Gasteiger partial charge in [-0.25, -0.2) is 4.98 Å². The highest BCUT2D eigenvalue weighted by molar-refractivity contribution is 6.12. The minimum Gasteiger partial charge on any atom is -0.623 e. The highest BCUT2D eigenvalue weighted by Crippen LogP contribution is 2.33. The van der Waals surface area contributed by atoms with Gasteiger partial charge >= 0.3 is 6.18 Å². The van der Waals surface area contributed by atoms with Crippen LogP contribution in [0.3, 0.4) is 0 Å². The molecule has 0 radical (unpaired) electrons. The number of hydroxylamine groups is 1. The van der Waals surface area contributed by atoms with Crippen LogP contribution in [0.4, 0.5) is 13.2 Å². The number of imidazole rings is 1. The van der Waals surface area contributed by atoms with Crippen molar-refractivity contribution in [2.45, 2.75) is 12.7 Å². The number of hydrogen-bond acceptors (Lipinski definition) is 2. The van der Waals surface area contributed by atoms with Gasteiger partial charge in [-0.2, -0.15) is 17.9 Å². The molecule has 0 N–H and O–H groups in total. The fraction of sp³-hybridized carbons (Fsp3) is 0.111. The van der Waals surface area contributed by atoms with Crippen LogP contribution in [0.25, 0.3) is 5.69 Å². The van der Waals surface area contributed by atoms with Crippen molar-refractivity contribution in [3.05, 3.63) is 88.6 Å². The summed E-state index contributed by atoms with van der Waals surface area (Å²) in [7, 11) is 0. The van der Waals surface area contributed by atoms with Gasteiger partial charge in [-0.3, -0.25) is 4.57 Å². The van der Waals surface area contributed by atoms with Gasteiger partial charge in [0.05, 0.1) is 16.8 Å². The third-order valence-corrected chi connectivity index (χ3v) is 4.14. The number of nitrogens with zero attached hydrogens (tertiary/aromatic N) is 3. The van der Waals surface area contributed by atoms with E-state index in [0.717, 1.165) is 12.1 Å². The molecule has 1 aliphatic heterocycles. The van der Waals surface area contributed by atoms with Crippen LogP contribution in [-0.4, -0.2) is 20.0 Å².